The van der Waals surface area contributed by atoms with E-state index in [1.165, 1.54) is 0 Å². The molecular formula is C10H13N3O. The molecule has 0 fully saturated rings. The molecule has 2 rings (SSSR count). The van der Waals surface area contributed by atoms with Crippen molar-refractivity contribution in [3.05, 3.63) is 29.3 Å². The lowest BCUT2D eigenvalue weighted by Gasteiger charge is -2.25. The lowest BCUT2D eigenvalue weighted by molar-refractivity contribution is -0.120. The van der Waals surface area contributed by atoms with Gasteiger partial charge in [0.1, 0.15) is 6.04 Å². The Morgan fingerprint density at radius 1 is 1.50 bits per heavy atom. The molecule has 1 aromatic carbocycles. The first-order chi connectivity index (χ1) is 6.70. The number of benzene rings is 1. The Kier molecular flexibility index (Phi) is 2.13. The molecule has 5 N–H and O–H groups in total. The molecule has 1 atom stereocenters. The van der Waals surface area contributed by atoms with Crippen LogP contribution in [0, 0.1) is 0 Å². The number of nitrogens with two attached hydrogens (primary N) is 2. The van der Waals surface area contributed by atoms with Gasteiger partial charge >= 0.3 is 0 Å². The van der Waals surface area contributed by atoms with Gasteiger partial charge < -0.3 is 16.8 Å². The monoisotopic (exact) mass is 191 g/mol. The maximum Gasteiger partial charge on any atom is 0.239 e. The Labute approximate surface area is 82.3 Å². The number of amides is 1. The van der Waals surface area contributed by atoms with Gasteiger partial charge in [0, 0.05) is 12.2 Å². The predicted octanol–water partition coefficient (Wildman–Crippen LogP) is -0.0591. The second kappa shape index (κ2) is 3.31. The van der Waals surface area contributed by atoms with Gasteiger partial charge in [-0.2, -0.15) is 0 Å². The second-order valence-electron chi connectivity index (χ2n) is 3.45. The number of hydrogen-bond acceptors (Lipinski definition) is 3. The number of primary amides is 1. The van der Waals surface area contributed by atoms with Crippen LogP contribution >= 0.6 is 0 Å². The molecule has 0 radical (unpaired) electrons. The largest absolute Gasteiger partial charge is 0.398 e. The highest BCUT2D eigenvalue weighted by atomic mass is 16.1. The summed E-state index contributed by atoms with van der Waals surface area (Å²) in [7, 11) is 0. The molecular weight excluding hydrogens is 178 g/mol. The number of rotatable bonds is 1. The van der Waals surface area contributed by atoms with Gasteiger partial charge in [-0.15, -0.1) is 0 Å². The summed E-state index contributed by atoms with van der Waals surface area (Å²) < 4.78 is 0. The average Bonchev–Trinajstić information content (AvgIpc) is 2.17. The Morgan fingerprint density at radius 2 is 2.29 bits per heavy atom. The molecule has 4 nitrogen and oxygen atoms in total. The fraction of sp³-hybridized carbons (Fsp3) is 0.300. The Balaban J connectivity index is 2.49. The van der Waals surface area contributed by atoms with Crippen molar-refractivity contribution in [2.45, 2.75) is 12.5 Å². The third-order valence-corrected chi connectivity index (χ3v) is 2.57. The van der Waals surface area contributed by atoms with Gasteiger partial charge in [-0.05, 0) is 23.6 Å². The smallest absolute Gasteiger partial charge is 0.239 e. The van der Waals surface area contributed by atoms with Gasteiger partial charge in [0.15, 0.2) is 0 Å². The zero-order valence-corrected chi connectivity index (χ0v) is 7.79. The molecule has 14 heavy (non-hydrogen) atoms. The van der Waals surface area contributed by atoms with Gasteiger partial charge in [0.25, 0.3) is 0 Å². The predicted molar refractivity (Wildman–Crippen MR) is 54.5 cm³/mol. The lowest BCUT2D eigenvalue weighted by atomic mass is 9.93. The van der Waals surface area contributed by atoms with Crippen molar-refractivity contribution in [3.8, 4) is 0 Å². The number of carbonyl (C=O) groups is 1. The Morgan fingerprint density at radius 3 is 3.00 bits per heavy atom. The van der Waals surface area contributed by atoms with E-state index in [0.717, 1.165) is 29.8 Å². The van der Waals surface area contributed by atoms with Crippen molar-refractivity contribution in [1.29, 1.82) is 0 Å². The van der Waals surface area contributed by atoms with Gasteiger partial charge in [-0.1, -0.05) is 12.1 Å². The van der Waals surface area contributed by atoms with Crippen LogP contribution in [0.25, 0.3) is 0 Å². The first kappa shape index (κ1) is 9.02. The first-order valence-corrected chi connectivity index (χ1v) is 4.60. The minimum Gasteiger partial charge on any atom is -0.398 e. The molecule has 0 saturated carbocycles. The van der Waals surface area contributed by atoms with E-state index >= 15 is 0 Å². The van der Waals surface area contributed by atoms with Gasteiger partial charge in [-0.25, -0.2) is 0 Å². The van der Waals surface area contributed by atoms with Crippen LogP contribution in [0.3, 0.4) is 0 Å². The van der Waals surface area contributed by atoms with E-state index in [1.807, 2.05) is 18.2 Å². The van der Waals surface area contributed by atoms with E-state index in [-0.39, 0.29) is 11.9 Å². The average molecular weight is 191 g/mol. The number of fused-ring (bicyclic) bond motifs is 1. The SMILES string of the molecule is NC(=O)C1NCCc2c(N)cccc21. The summed E-state index contributed by atoms with van der Waals surface area (Å²) in [6, 6.07) is 5.20. The lowest BCUT2D eigenvalue weighted by Crippen LogP contribution is -2.38. The first-order valence-electron chi connectivity index (χ1n) is 4.60. The molecule has 74 valence electrons. The van der Waals surface area contributed by atoms with Crippen LogP contribution in [0.4, 0.5) is 5.69 Å². The number of hydrogen-bond donors (Lipinski definition) is 3. The van der Waals surface area contributed by atoms with E-state index in [0.29, 0.717) is 0 Å². The van der Waals surface area contributed by atoms with E-state index in [1.54, 1.807) is 0 Å². The fourth-order valence-corrected chi connectivity index (χ4v) is 1.89. The third-order valence-electron chi connectivity index (χ3n) is 2.57. The van der Waals surface area contributed by atoms with Crippen molar-refractivity contribution in [2.24, 2.45) is 5.73 Å². The minimum absolute atomic E-state index is 0.350. The maximum atomic E-state index is 11.1. The Hall–Kier alpha value is -1.55. The van der Waals surface area contributed by atoms with E-state index in [9.17, 15) is 4.79 Å². The third kappa shape index (κ3) is 1.33. The van der Waals surface area contributed by atoms with Crippen molar-refractivity contribution in [1.82, 2.24) is 5.32 Å². The van der Waals surface area contributed by atoms with Crippen LogP contribution in [-0.2, 0) is 11.2 Å². The molecule has 1 aromatic rings. The Bertz CT molecular complexity index is 376. The quantitative estimate of drug-likeness (QED) is 0.544. The van der Waals surface area contributed by atoms with Gasteiger partial charge in [-0.3, -0.25) is 4.79 Å². The summed E-state index contributed by atoms with van der Waals surface area (Å²) in [6.07, 6.45) is 0.853. The standard InChI is InChI=1S/C10H13N3O/c11-8-3-1-2-7-6(8)4-5-13-9(7)10(12)14/h1-3,9,13H,4-5,11H2,(H2,12,14). The molecule has 1 unspecified atom stereocenters. The normalized spacial score (nSPS) is 20.1. The topological polar surface area (TPSA) is 81.1 Å². The summed E-state index contributed by atoms with van der Waals surface area (Å²) in [4.78, 5) is 11.1. The molecule has 1 heterocycles. The summed E-state index contributed by atoms with van der Waals surface area (Å²) in [5, 5.41) is 3.07. The van der Waals surface area contributed by atoms with Crippen molar-refractivity contribution in [3.63, 3.8) is 0 Å². The molecule has 1 aliphatic heterocycles. The van der Waals surface area contributed by atoms with Crippen LogP contribution in [0.15, 0.2) is 18.2 Å². The zero-order chi connectivity index (χ0) is 10.1. The van der Waals surface area contributed by atoms with E-state index in [4.69, 9.17) is 11.5 Å². The molecule has 0 saturated heterocycles. The molecule has 0 bridgehead atoms. The van der Waals surface area contributed by atoms with Crippen LogP contribution in [0.2, 0.25) is 0 Å². The number of nitrogen functional groups attached to an aromatic ring is 1. The highest BCUT2D eigenvalue weighted by Gasteiger charge is 2.24. The summed E-state index contributed by atoms with van der Waals surface area (Å²) in [5.74, 6) is -0.350. The van der Waals surface area contributed by atoms with E-state index < -0.39 is 0 Å². The highest BCUT2D eigenvalue weighted by Crippen LogP contribution is 2.26. The second-order valence-corrected chi connectivity index (χ2v) is 3.45. The summed E-state index contributed by atoms with van der Waals surface area (Å²) in [5.41, 5.74) is 13.8. The van der Waals surface area contributed by atoms with Crippen LogP contribution in [0.5, 0.6) is 0 Å². The number of anilines is 1. The minimum atomic E-state index is -0.387. The van der Waals surface area contributed by atoms with Crippen molar-refractivity contribution in [2.75, 3.05) is 12.3 Å². The van der Waals surface area contributed by atoms with Crippen LogP contribution in [-0.4, -0.2) is 12.5 Å². The van der Waals surface area contributed by atoms with Crippen molar-refractivity contribution >= 4 is 11.6 Å². The van der Waals surface area contributed by atoms with Crippen molar-refractivity contribution < 1.29 is 4.79 Å². The molecule has 1 aliphatic rings. The van der Waals surface area contributed by atoms with Crippen LogP contribution < -0.4 is 16.8 Å². The molecule has 0 spiro atoms. The molecule has 4 heteroatoms. The van der Waals surface area contributed by atoms with Gasteiger partial charge in [0.05, 0.1) is 0 Å². The summed E-state index contributed by atoms with van der Waals surface area (Å²) >= 11 is 0. The highest BCUT2D eigenvalue weighted by molar-refractivity contribution is 5.83. The van der Waals surface area contributed by atoms with Gasteiger partial charge in [0.2, 0.25) is 5.91 Å². The van der Waals surface area contributed by atoms with E-state index in [2.05, 4.69) is 5.32 Å². The van der Waals surface area contributed by atoms with Crippen LogP contribution in [0.1, 0.15) is 17.2 Å². The summed E-state index contributed by atoms with van der Waals surface area (Å²) in [6.45, 7) is 0.745. The molecule has 0 aliphatic carbocycles. The maximum absolute atomic E-state index is 11.1. The molecule has 0 aromatic heterocycles. The number of carbonyl (C=O) groups excluding carboxylic acids is 1. The molecule has 1 amide bonds. The zero-order valence-electron chi connectivity index (χ0n) is 7.79. The number of nitrogens with one attached hydrogen (secondary N) is 1. The fourth-order valence-electron chi connectivity index (χ4n) is 1.89.